The van der Waals surface area contributed by atoms with Crippen LogP contribution >= 0.6 is 39.0 Å². The summed E-state index contributed by atoms with van der Waals surface area (Å²) in [6, 6.07) is 1.79. The number of hydrogen-bond donors (Lipinski definition) is 1. The minimum Gasteiger partial charge on any atom is -0.322 e. The summed E-state index contributed by atoms with van der Waals surface area (Å²) in [5.41, 5.74) is -0.0783. The van der Waals surface area contributed by atoms with E-state index in [4.69, 9.17) is 0 Å². The van der Waals surface area contributed by atoms with Crippen LogP contribution in [0.1, 0.15) is 5.01 Å². The van der Waals surface area contributed by atoms with Gasteiger partial charge in [-0.1, -0.05) is 23.1 Å². The number of rotatable bonds is 4. The van der Waals surface area contributed by atoms with Crippen molar-refractivity contribution in [2.45, 2.75) is 11.3 Å². The molecule has 0 aliphatic heterocycles. The lowest BCUT2D eigenvalue weighted by molar-refractivity contribution is -0.113. The Kier molecular flexibility index (Phi) is 5.06. The van der Waals surface area contributed by atoms with Crippen molar-refractivity contribution in [3.8, 4) is 0 Å². The summed E-state index contributed by atoms with van der Waals surface area (Å²) < 4.78 is 27.3. The van der Waals surface area contributed by atoms with Gasteiger partial charge in [0.25, 0.3) is 0 Å². The maximum atomic E-state index is 13.5. The maximum absolute atomic E-state index is 13.5. The van der Waals surface area contributed by atoms with Crippen molar-refractivity contribution in [2.75, 3.05) is 11.1 Å². The summed E-state index contributed by atoms with van der Waals surface area (Å²) >= 11 is 5.58. The first-order valence-electron chi connectivity index (χ1n) is 5.33. The fourth-order valence-corrected chi connectivity index (χ4v) is 3.42. The number of carbonyl (C=O) groups excluding carboxylic acids is 1. The van der Waals surface area contributed by atoms with Crippen molar-refractivity contribution >= 4 is 50.6 Å². The van der Waals surface area contributed by atoms with Crippen LogP contribution in [-0.4, -0.2) is 21.9 Å². The Labute approximate surface area is 130 Å². The summed E-state index contributed by atoms with van der Waals surface area (Å²) in [6.07, 6.45) is 0. The molecule has 0 saturated heterocycles. The van der Waals surface area contributed by atoms with Crippen LogP contribution in [0, 0.1) is 18.6 Å². The number of carbonyl (C=O) groups is 1. The Balaban J connectivity index is 1.98. The van der Waals surface area contributed by atoms with E-state index in [1.165, 1.54) is 23.1 Å². The van der Waals surface area contributed by atoms with Gasteiger partial charge in [-0.05, 0) is 28.9 Å². The summed E-state index contributed by atoms with van der Waals surface area (Å²) in [6.45, 7) is 1.81. The van der Waals surface area contributed by atoms with Crippen LogP contribution in [0.3, 0.4) is 0 Å². The molecule has 0 atom stereocenters. The molecule has 0 unspecified atom stereocenters. The highest BCUT2D eigenvalue weighted by Crippen LogP contribution is 2.27. The van der Waals surface area contributed by atoms with Gasteiger partial charge in [0.2, 0.25) is 5.91 Å². The van der Waals surface area contributed by atoms with E-state index in [0.29, 0.717) is 10.4 Å². The van der Waals surface area contributed by atoms with E-state index in [-0.39, 0.29) is 15.9 Å². The zero-order valence-electron chi connectivity index (χ0n) is 10.1. The molecule has 0 aliphatic carbocycles. The zero-order valence-corrected chi connectivity index (χ0v) is 13.3. The van der Waals surface area contributed by atoms with Crippen LogP contribution in [0.4, 0.5) is 14.5 Å². The number of nitrogens with zero attached hydrogens (tertiary/aromatic N) is 2. The topological polar surface area (TPSA) is 54.9 Å². The molecular formula is C11H8BrF2N3OS2. The van der Waals surface area contributed by atoms with Crippen LogP contribution in [0.15, 0.2) is 20.9 Å². The normalized spacial score (nSPS) is 10.6. The molecule has 2 aromatic rings. The Hall–Kier alpha value is -1.06. The van der Waals surface area contributed by atoms with Crippen LogP contribution in [0.25, 0.3) is 0 Å². The second kappa shape index (κ2) is 6.59. The van der Waals surface area contributed by atoms with E-state index in [0.717, 1.165) is 11.1 Å². The minimum atomic E-state index is -0.831. The predicted molar refractivity (Wildman–Crippen MR) is 78.1 cm³/mol. The van der Waals surface area contributed by atoms with E-state index in [2.05, 4.69) is 31.4 Å². The molecule has 0 fully saturated rings. The number of anilines is 1. The molecule has 0 saturated carbocycles. The molecule has 20 heavy (non-hydrogen) atoms. The highest BCUT2D eigenvalue weighted by Gasteiger charge is 2.13. The Morgan fingerprint density at radius 2 is 2.20 bits per heavy atom. The van der Waals surface area contributed by atoms with Gasteiger partial charge in [-0.3, -0.25) is 4.79 Å². The third kappa shape index (κ3) is 3.97. The number of halogens is 3. The summed E-state index contributed by atoms with van der Waals surface area (Å²) in [4.78, 5) is 11.7. The van der Waals surface area contributed by atoms with Crippen molar-refractivity contribution in [3.05, 3.63) is 33.2 Å². The van der Waals surface area contributed by atoms with Gasteiger partial charge in [-0.25, -0.2) is 8.78 Å². The molecule has 0 spiro atoms. The molecule has 0 aliphatic rings. The fraction of sp³-hybridized carbons (Fsp3) is 0.182. The van der Waals surface area contributed by atoms with Gasteiger partial charge >= 0.3 is 0 Å². The van der Waals surface area contributed by atoms with Gasteiger partial charge in [0.1, 0.15) is 10.8 Å². The Morgan fingerprint density at radius 3 is 2.80 bits per heavy atom. The van der Waals surface area contributed by atoms with Gasteiger partial charge in [0.15, 0.2) is 10.2 Å². The van der Waals surface area contributed by atoms with Gasteiger partial charge in [0.05, 0.1) is 11.4 Å². The second-order valence-corrected chi connectivity index (χ2v) is 6.93. The molecule has 9 heteroatoms. The lowest BCUT2D eigenvalue weighted by atomic mass is 10.3. The average molecular weight is 380 g/mol. The van der Waals surface area contributed by atoms with Crippen LogP contribution in [-0.2, 0) is 4.79 Å². The molecule has 1 aromatic heterocycles. The van der Waals surface area contributed by atoms with E-state index in [9.17, 15) is 13.6 Å². The lowest BCUT2D eigenvalue weighted by Crippen LogP contribution is -2.15. The summed E-state index contributed by atoms with van der Waals surface area (Å²) in [5, 5.41) is 10.9. The number of aryl methyl sites for hydroxylation is 1. The first-order chi connectivity index (χ1) is 9.45. The smallest absolute Gasteiger partial charge is 0.234 e. The molecule has 106 valence electrons. The first kappa shape index (κ1) is 15.3. The van der Waals surface area contributed by atoms with E-state index in [1.54, 1.807) is 0 Å². The predicted octanol–water partition coefficient (Wildman–Crippen LogP) is 3.62. The third-order valence-corrected chi connectivity index (χ3v) is 4.70. The number of thioether (sulfide) groups is 1. The minimum absolute atomic E-state index is 0.0674. The summed E-state index contributed by atoms with van der Waals surface area (Å²) in [7, 11) is 0. The van der Waals surface area contributed by atoms with E-state index >= 15 is 0 Å². The first-order valence-corrected chi connectivity index (χ1v) is 7.92. The van der Waals surface area contributed by atoms with Gasteiger partial charge in [-0.2, -0.15) is 0 Å². The molecule has 4 nitrogen and oxygen atoms in total. The standard InChI is InChI=1S/C11H8BrF2N3OS2/c1-5-16-17-11(20-5)19-4-9(18)15-10-7(12)2-6(13)3-8(10)14/h2-3H,4H2,1H3,(H,15,18). The van der Waals surface area contributed by atoms with Crippen molar-refractivity contribution in [1.29, 1.82) is 0 Å². The van der Waals surface area contributed by atoms with Gasteiger partial charge < -0.3 is 5.32 Å². The SMILES string of the molecule is Cc1nnc(SCC(=O)Nc2c(F)cc(F)cc2Br)s1. The monoisotopic (exact) mass is 379 g/mol. The quantitative estimate of drug-likeness (QED) is 0.824. The number of aromatic nitrogens is 2. The molecule has 1 heterocycles. The molecule has 1 N–H and O–H groups in total. The van der Waals surface area contributed by atoms with Gasteiger partial charge in [-0.15, -0.1) is 10.2 Å². The van der Waals surface area contributed by atoms with Gasteiger partial charge in [0, 0.05) is 10.5 Å². The fourth-order valence-electron chi connectivity index (χ4n) is 1.30. The van der Waals surface area contributed by atoms with E-state index < -0.39 is 17.5 Å². The van der Waals surface area contributed by atoms with E-state index in [1.807, 2.05) is 6.92 Å². The lowest BCUT2D eigenvalue weighted by Gasteiger charge is -2.08. The molecular weight excluding hydrogens is 372 g/mol. The largest absolute Gasteiger partial charge is 0.322 e. The molecule has 0 bridgehead atoms. The van der Waals surface area contributed by atoms with Crippen LogP contribution in [0.5, 0.6) is 0 Å². The highest BCUT2D eigenvalue weighted by molar-refractivity contribution is 9.10. The molecule has 1 aromatic carbocycles. The van der Waals surface area contributed by atoms with Crippen molar-refractivity contribution < 1.29 is 13.6 Å². The average Bonchev–Trinajstić information content (AvgIpc) is 2.77. The number of hydrogen-bond acceptors (Lipinski definition) is 5. The van der Waals surface area contributed by atoms with Crippen LogP contribution < -0.4 is 5.32 Å². The highest BCUT2D eigenvalue weighted by atomic mass is 79.9. The molecule has 2 rings (SSSR count). The Morgan fingerprint density at radius 1 is 1.45 bits per heavy atom. The van der Waals surface area contributed by atoms with Crippen LogP contribution in [0.2, 0.25) is 0 Å². The number of benzene rings is 1. The third-order valence-electron chi connectivity index (χ3n) is 2.11. The van der Waals surface area contributed by atoms with Crippen molar-refractivity contribution in [3.63, 3.8) is 0 Å². The maximum Gasteiger partial charge on any atom is 0.234 e. The Bertz CT molecular complexity index is 627. The van der Waals surface area contributed by atoms with Crippen molar-refractivity contribution in [1.82, 2.24) is 10.2 Å². The second-order valence-electron chi connectivity index (χ2n) is 3.67. The number of nitrogens with one attached hydrogen (secondary N) is 1. The molecule has 1 amide bonds. The summed E-state index contributed by atoms with van der Waals surface area (Å²) in [5.74, 6) is -1.89. The van der Waals surface area contributed by atoms with Crippen molar-refractivity contribution in [2.24, 2.45) is 0 Å². The number of amides is 1. The molecule has 0 radical (unpaired) electrons. The zero-order chi connectivity index (χ0) is 14.7.